The van der Waals surface area contributed by atoms with Gasteiger partial charge in [0, 0.05) is 13.7 Å². The maximum Gasteiger partial charge on any atom is 0.187 e. The van der Waals surface area contributed by atoms with Crippen molar-refractivity contribution in [3.8, 4) is 0 Å². The molecule has 0 amide bonds. The van der Waals surface area contributed by atoms with Crippen LogP contribution in [0.2, 0.25) is 0 Å². The molecule has 2 heterocycles. The maximum atomic E-state index is 14.5. The number of hydrogen-bond donors (Lipinski definition) is 0. The van der Waals surface area contributed by atoms with E-state index in [4.69, 9.17) is 4.74 Å². The van der Waals surface area contributed by atoms with Gasteiger partial charge in [-0.2, -0.15) is 0 Å². The van der Waals surface area contributed by atoms with Crippen LogP contribution in [-0.2, 0) is 11.2 Å². The minimum absolute atomic E-state index is 0.121. The molecule has 1 saturated heterocycles. The summed E-state index contributed by atoms with van der Waals surface area (Å²) in [5.74, 6) is 0.174. The number of ether oxygens (including phenoxy) is 1. The van der Waals surface area contributed by atoms with E-state index >= 15 is 0 Å². The average Bonchev–Trinajstić information content (AvgIpc) is 2.83. The van der Waals surface area contributed by atoms with Gasteiger partial charge in [-0.05, 0) is 25.7 Å². The second kappa shape index (κ2) is 6.48. The standard InChI is InChI=1S/C15H24FN3O/c1-4-7-15(10-20-3)8-6-9-19(15)14-13(16)12(5-2)17-11-18-14/h11H,4-10H2,1-3H3. The highest BCUT2D eigenvalue weighted by Gasteiger charge is 2.42. The molecule has 0 N–H and O–H groups in total. The first-order valence-corrected chi connectivity index (χ1v) is 7.44. The number of aromatic nitrogens is 2. The van der Waals surface area contributed by atoms with E-state index in [0.29, 0.717) is 24.5 Å². The Morgan fingerprint density at radius 2 is 2.20 bits per heavy atom. The summed E-state index contributed by atoms with van der Waals surface area (Å²) in [7, 11) is 1.71. The predicted octanol–water partition coefficient (Wildman–Crippen LogP) is 2.96. The summed E-state index contributed by atoms with van der Waals surface area (Å²) in [5, 5.41) is 0. The lowest BCUT2D eigenvalue weighted by molar-refractivity contribution is 0.127. The molecule has 1 aromatic heterocycles. The topological polar surface area (TPSA) is 38.2 Å². The van der Waals surface area contributed by atoms with Gasteiger partial charge < -0.3 is 9.64 Å². The van der Waals surface area contributed by atoms with Crippen molar-refractivity contribution in [1.29, 1.82) is 0 Å². The second-order valence-corrected chi connectivity index (χ2v) is 5.47. The second-order valence-electron chi connectivity index (χ2n) is 5.47. The Hall–Kier alpha value is -1.23. The lowest BCUT2D eigenvalue weighted by atomic mass is 9.91. The summed E-state index contributed by atoms with van der Waals surface area (Å²) in [6.07, 6.45) is 6.17. The molecular formula is C15H24FN3O. The predicted molar refractivity (Wildman–Crippen MR) is 77.5 cm³/mol. The van der Waals surface area contributed by atoms with E-state index in [0.717, 1.165) is 32.2 Å². The molecule has 0 aromatic carbocycles. The van der Waals surface area contributed by atoms with Crippen molar-refractivity contribution in [2.75, 3.05) is 25.2 Å². The molecule has 20 heavy (non-hydrogen) atoms. The molecule has 1 aliphatic rings. The molecule has 1 aliphatic heterocycles. The number of halogens is 1. The molecule has 1 aromatic rings. The molecular weight excluding hydrogens is 257 g/mol. The molecule has 1 unspecified atom stereocenters. The number of rotatable bonds is 6. The van der Waals surface area contributed by atoms with Crippen molar-refractivity contribution in [3.63, 3.8) is 0 Å². The van der Waals surface area contributed by atoms with E-state index in [9.17, 15) is 4.39 Å². The lowest BCUT2D eigenvalue weighted by Crippen LogP contribution is -2.48. The van der Waals surface area contributed by atoms with E-state index in [-0.39, 0.29) is 11.4 Å². The molecule has 0 spiro atoms. The van der Waals surface area contributed by atoms with Crippen molar-refractivity contribution in [2.24, 2.45) is 0 Å². The molecule has 0 aliphatic carbocycles. The average molecular weight is 281 g/mol. The van der Waals surface area contributed by atoms with Gasteiger partial charge in [-0.25, -0.2) is 14.4 Å². The molecule has 4 nitrogen and oxygen atoms in total. The van der Waals surface area contributed by atoms with Gasteiger partial charge in [-0.3, -0.25) is 0 Å². The third kappa shape index (κ3) is 2.64. The normalized spacial score (nSPS) is 22.5. The van der Waals surface area contributed by atoms with Crippen molar-refractivity contribution in [2.45, 2.75) is 51.5 Å². The Balaban J connectivity index is 2.39. The van der Waals surface area contributed by atoms with Crippen LogP contribution in [-0.4, -0.2) is 35.8 Å². The highest BCUT2D eigenvalue weighted by molar-refractivity contribution is 5.46. The van der Waals surface area contributed by atoms with E-state index in [1.807, 2.05) is 6.92 Å². The quantitative estimate of drug-likeness (QED) is 0.803. The number of hydrogen-bond acceptors (Lipinski definition) is 4. The van der Waals surface area contributed by atoms with Crippen LogP contribution in [0.1, 0.15) is 45.2 Å². The van der Waals surface area contributed by atoms with Gasteiger partial charge in [-0.1, -0.05) is 20.3 Å². The fourth-order valence-electron chi connectivity index (χ4n) is 3.32. The van der Waals surface area contributed by atoms with Crippen LogP contribution in [0.3, 0.4) is 0 Å². The Bertz CT molecular complexity index is 447. The largest absolute Gasteiger partial charge is 0.382 e. The van der Waals surface area contributed by atoms with E-state index in [2.05, 4.69) is 21.8 Å². The van der Waals surface area contributed by atoms with Crippen LogP contribution in [0.25, 0.3) is 0 Å². The highest BCUT2D eigenvalue weighted by Crippen LogP contribution is 2.38. The molecule has 2 rings (SSSR count). The SMILES string of the molecule is CCCC1(COC)CCCN1c1ncnc(CC)c1F. The summed E-state index contributed by atoms with van der Waals surface area (Å²) in [6.45, 7) is 5.52. The number of anilines is 1. The zero-order valence-electron chi connectivity index (χ0n) is 12.7. The zero-order valence-corrected chi connectivity index (χ0v) is 12.7. The third-order valence-electron chi connectivity index (χ3n) is 4.16. The first-order valence-electron chi connectivity index (χ1n) is 7.44. The van der Waals surface area contributed by atoms with Gasteiger partial charge in [0.15, 0.2) is 11.6 Å². The molecule has 5 heteroatoms. The Morgan fingerprint density at radius 1 is 1.40 bits per heavy atom. The molecule has 0 radical (unpaired) electrons. The van der Waals surface area contributed by atoms with Crippen molar-refractivity contribution < 1.29 is 9.13 Å². The number of methoxy groups -OCH3 is 1. The lowest BCUT2D eigenvalue weighted by Gasteiger charge is -2.39. The summed E-state index contributed by atoms with van der Waals surface area (Å²) >= 11 is 0. The Morgan fingerprint density at radius 3 is 2.85 bits per heavy atom. The van der Waals surface area contributed by atoms with E-state index < -0.39 is 0 Å². The fourth-order valence-corrected chi connectivity index (χ4v) is 3.32. The van der Waals surface area contributed by atoms with Crippen LogP contribution in [0.5, 0.6) is 0 Å². The van der Waals surface area contributed by atoms with Gasteiger partial charge in [0.2, 0.25) is 0 Å². The third-order valence-corrected chi connectivity index (χ3v) is 4.16. The van der Waals surface area contributed by atoms with Gasteiger partial charge in [0.1, 0.15) is 6.33 Å². The molecule has 0 bridgehead atoms. The number of aryl methyl sites for hydroxylation is 1. The van der Waals surface area contributed by atoms with E-state index in [1.165, 1.54) is 6.33 Å². The van der Waals surface area contributed by atoms with Crippen molar-refractivity contribution in [3.05, 3.63) is 17.8 Å². The van der Waals surface area contributed by atoms with Gasteiger partial charge >= 0.3 is 0 Å². The molecule has 1 fully saturated rings. The number of nitrogens with zero attached hydrogens (tertiary/aromatic N) is 3. The maximum absolute atomic E-state index is 14.5. The summed E-state index contributed by atoms with van der Waals surface area (Å²) < 4.78 is 20.0. The highest BCUT2D eigenvalue weighted by atomic mass is 19.1. The minimum atomic E-state index is -0.270. The zero-order chi connectivity index (χ0) is 14.6. The van der Waals surface area contributed by atoms with Gasteiger partial charge in [0.05, 0.1) is 17.8 Å². The van der Waals surface area contributed by atoms with Crippen LogP contribution >= 0.6 is 0 Å². The molecule has 112 valence electrons. The Kier molecular flexibility index (Phi) is 4.91. The first-order chi connectivity index (χ1) is 9.68. The van der Waals surface area contributed by atoms with Crippen molar-refractivity contribution in [1.82, 2.24) is 9.97 Å². The fraction of sp³-hybridized carbons (Fsp3) is 0.733. The molecule has 0 saturated carbocycles. The molecule has 1 atom stereocenters. The Labute approximate surface area is 120 Å². The van der Waals surface area contributed by atoms with Crippen LogP contribution < -0.4 is 4.90 Å². The summed E-state index contributed by atoms with van der Waals surface area (Å²) in [6, 6.07) is 0. The van der Waals surface area contributed by atoms with Gasteiger partial charge in [0.25, 0.3) is 0 Å². The van der Waals surface area contributed by atoms with Crippen LogP contribution in [0.4, 0.5) is 10.2 Å². The van der Waals surface area contributed by atoms with Crippen molar-refractivity contribution >= 4 is 5.82 Å². The minimum Gasteiger partial charge on any atom is -0.382 e. The smallest absolute Gasteiger partial charge is 0.187 e. The first kappa shape index (κ1) is 15.2. The van der Waals surface area contributed by atoms with E-state index in [1.54, 1.807) is 7.11 Å². The van der Waals surface area contributed by atoms with Gasteiger partial charge in [-0.15, -0.1) is 0 Å². The summed E-state index contributed by atoms with van der Waals surface area (Å²) in [4.78, 5) is 10.3. The van der Waals surface area contributed by atoms with Crippen LogP contribution in [0, 0.1) is 5.82 Å². The van der Waals surface area contributed by atoms with Crippen LogP contribution in [0.15, 0.2) is 6.33 Å². The summed E-state index contributed by atoms with van der Waals surface area (Å²) in [5.41, 5.74) is 0.369. The monoisotopic (exact) mass is 281 g/mol.